The highest BCUT2D eigenvalue weighted by Gasteiger charge is 2.16. The van der Waals surface area contributed by atoms with Crippen LogP contribution < -0.4 is 11.1 Å². The molecule has 3 N–H and O–H groups in total. The van der Waals surface area contributed by atoms with E-state index in [4.69, 9.17) is 10.5 Å². The van der Waals surface area contributed by atoms with Gasteiger partial charge in [0.2, 0.25) is 0 Å². The van der Waals surface area contributed by atoms with Crippen molar-refractivity contribution < 1.29 is 4.74 Å². The van der Waals surface area contributed by atoms with Gasteiger partial charge in [0.05, 0.1) is 17.8 Å². The van der Waals surface area contributed by atoms with Gasteiger partial charge in [-0.1, -0.05) is 6.07 Å². The predicted molar refractivity (Wildman–Crippen MR) is 67.7 cm³/mol. The Bertz CT molecular complexity index is 535. The van der Waals surface area contributed by atoms with Crippen LogP contribution >= 0.6 is 0 Å². The van der Waals surface area contributed by atoms with E-state index in [2.05, 4.69) is 10.3 Å². The first kappa shape index (κ1) is 10.5. The first-order chi connectivity index (χ1) is 8.33. The van der Waals surface area contributed by atoms with Crippen molar-refractivity contribution in [3.8, 4) is 0 Å². The van der Waals surface area contributed by atoms with Gasteiger partial charge in [-0.3, -0.25) is 4.98 Å². The van der Waals surface area contributed by atoms with E-state index in [9.17, 15) is 0 Å². The van der Waals surface area contributed by atoms with Crippen molar-refractivity contribution in [1.29, 1.82) is 0 Å². The molecule has 2 aromatic rings. The van der Waals surface area contributed by atoms with Gasteiger partial charge in [0.15, 0.2) is 0 Å². The molecule has 0 aliphatic carbocycles. The Morgan fingerprint density at radius 3 is 3.06 bits per heavy atom. The molecule has 1 saturated heterocycles. The van der Waals surface area contributed by atoms with Crippen molar-refractivity contribution >= 4 is 16.6 Å². The largest absolute Gasteiger partial charge is 0.399 e. The lowest BCUT2D eigenvalue weighted by atomic mass is 10.1. The molecule has 17 heavy (non-hydrogen) atoms. The average molecular weight is 229 g/mol. The van der Waals surface area contributed by atoms with Crippen LogP contribution in [0.2, 0.25) is 0 Å². The number of nitrogens with one attached hydrogen (secondary N) is 1. The average Bonchev–Trinajstić information content (AvgIpc) is 2.39. The van der Waals surface area contributed by atoms with Gasteiger partial charge in [-0.25, -0.2) is 0 Å². The van der Waals surface area contributed by atoms with Crippen LogP contribution in [-0.4, -0.2) is 24.7 Å². The second kappa shape index (κ2) is 4.31. The Morgan fingerprint density at radius 1 is 1.29 bits per heavy atom. The molecule has 1 fully saturated rings. The lowest BCUT2D eigenvalue weighted by Gasteiger charge is -2.23. The first-order valence-electron chi connectivity index (χ1n) is 5.81. The predicted octanol–water partition coefficient (Wildman–Crippen LogP) is 1.48. The van der Waals surface area contributed by atoms with Gasteiger partial charge in [-0.2, -0.15) is 0 Å². The molecule has 0 spiro atoms. The van der Waals surface area contributed by atoms with E-state index in [0.29, 0.717) is 0 Å². The smallest absolute Gasteiger partial charge is 0.112 e. The highest BCUT2D eigenvalue weighted by molar-refractivity contribution is 5.81. The number of nitrogens with zero attached hydrogens (tertiary/aromatic N) is 1. The Hall–Kier alpha value is -1.65. The molecule has 1 aliphatic heterocycles. The molecule has 1 aromatic carbocycles. The van der Waals surface area contributed by atoms with E-state index >= 15 is 0 Å². The summed E-state index contributed by atoms with van der Waals surface area (Å²) in [5.41, 5.74) is 8.45. The van der Waals surface area contributed by atoms with Gasteiger partial charge in [-0.05, 0) is 24.3 Å². The van der Waals surface area contributed by atoms with Gasteiger partial charge >= 0.3 is 0 Å². The third kappa shape index (κ3) is 2.09. The summed E-state index contributed by atoms with van der Waals surface area (Å²) in [5, 5.41) is 4.37. The Labute approximate surface area is 99.8 Å². The third-order valence-electron chi connectivity index (χ3n) is 2.99. The maximum atomic E-state index is 5.74. The minimum Gasteiger partial charge on any atom is -0.399 e. The summed E-state index contributed by atoms with van der Waals surface area (Å²) >= 11 is 0. The van der Waals surface area contributed by atoms with Crippen LogP contribution in [0.15, 0.2) is 30.3 Å². The number of pyridine rings is 1. The van der Waals surface area contributed by atoms with Crippen LogP contribution in [0.25, 0.3) is 10.9 Å². The molecule has 4 heteroatoms. The molecule has 2 heterocycles. The first-order valence-corrected chi connectivity index (χ1v) is 5.81. The molecule has 88 valence electrons. The van der Waals surface area contributed by atoms with Gasteiger partial charge in [0.25, 0.3) is 0 Å². The van der Waals surface area contributed by atoms with Crippen molar-refractivity contribution in [2.45, 2.75) is 6.10 Å². The lowest BCUT2D eigenvalue weighted by Crippen LogP contribution is -2.33. The number of hydrogen-bond donors (Lipinski definition) is 2. The summed E-state index contributed by atoms with van der Waals surface area (Å²) in [6, 6.07) is 9.82. The summed E-state index contributed by atoms with van der Waals surface area (Å²) in [6.07, 6.45) is 0.0608. The van der Waals surface area contributed by atoms with Crippen LogP contribution in [0, 0.1) is 0 Å². The zero-order valence-electron chi connectivity index (χ0n) is 9.52. The Morgan fingerprint density at radius 2 is 2.24 bits per heavy atom. The quantitative estimate of drug-likeness (QED) is 0.727. The number of aromatic nitrogens is 1. The highest BCUT2D eigenvalue weighted by Crippen LogP contribution is 2.21. The molecule has 0 amide bonds. The SMILES string of the molecule is Nc1ccc2nc(C3CNCCO3)ccc2c1. The van der Waals surface area contributed by atoms with E-state index in [1.807, 2.05) is 30.3 Å². The van der Waals surface area contributed by atoms with E-state index in [0.717, 1.165) is 42.0 Å². The van der Waals surface area contributed by atoms with Crippen LogP contribution in [0.4, 0.5) is 5.69 Å². The van der Waals surface area contributed by atoms with Crippen LogP contribution in [-0.2, 0) is 4.74 Å². The molecule has 0 bridgehead atoms. The minimum absolute atomic E-state index is 0.0608. The summed E-state index contributed by atoms with van der Waals surface area (Å²) in [5.74, 6) is 0. The van der Waals surface area contributed by atoms with E-state index < -0.39 is 0 Å². The maximum Gasteiger partial charge on any atom is 0.112 e. The summed E-state index contributed by atoms with van der Waals surface area (Å²) in [6.45, 7) is 2.49. The molecule has 4 nitrogen and oxygen atoms in total. The summed E-state index contributed by atoms with van der Waals surface area (Å²) < 4.78 is 5.69. The second-order valence-corrected chi connectivity index (χ2v) is 4.25. The van der Waals surface area contributed by atoms with E-state index in [1.54, 1.807) is 0 Å². The van der Waals surface area contributed by atoms with Crippen molar-refractivity contribution in [3.05, 3.63) is 36.0 Å². The van der Waals surface area contributed by atoms with Crippen LogP contribution in [0.3, 0.4) is 0 Å². The highest BCUT2D eigenvalue weighted by atomic mass is 16.5. The number of anilines is 1. The number of rotatable bonds is 1. The fourth-order valence-corrected chi connectivity index (χ4v) is 2.09. The number of fused-ring (bicyclic) bond motifs is 1. The summed E-state index contributed by atoms with van der Waals surface area (Å²) in [7, 11) is 0. The number of nitrogens with two attached hydrogens (primary N) is 1. The molecule has 3 rings (SSSR count). The molecular weight excluding hydrogens is 214 g/mol. The van der Waals surface area contributed by atoms with Crippen molar-refractivity contribution in [2.75, 3.05) is 25.4 Å². The number of hydrogen-bond acceptors (Lipinski definition) is 4. The Balaban J connectivity index is 1.98. The topological polar surface area (TPSA) is 60.2 Å². The number of morpholine rings is 1. The maximum absolute atomic E-state index is 5.74. The zero-order chi connectivity index (χ0) is 11.7. The molecular formula is C13H15N3O. The lowest BCUT2D eigenvalue weighted by molar-refractivity contribution is 0.0252. The summed E-state index contributed by atoms with van der Waals surface area (Å²) in [4.78, 5) is 4.62. The molecule has 0 saturated carbocycles. The number of nitrogen functional groups attached to an aromatic ring is 1. The standard InChI is InChI=1S/C13H15N3O/c14-10-2-4-11-9(7-10)1-3-12(16-11)13-8-15-5-6-17-13/h1-4,7,13,15H,5-6,8,14H2. The van der Waals surface area contributed by atoms with E-state index in [1.165, 1.54) is 0 Å². The fourth-order valence-electron chi connectivity index (χ4n) is 2.09. The Kier molecular flexibility index (Phi) is 2.66. The number of benzene rings is 1. The van der Waals surface area contributed by atoms with Gasteiger partial charge in [0.1, 0.15) is 6.10 Å². The fraction of sp³-hybridized carbons (Fsp3) is 0.308. The van der Waals surface area contributed by atoms with Crippen LogP contribution in [0.5, 0.6) is 0 Å². The van der Waals surface area contributed by atoms with Gasteiger partial charge in [-0.15, -0.1) is 0 Å². The third-order valence-corrected chi connectivity index (χ3v) is 2.99. The molecule has 1 unspecified atom stereocenters. The molecule has 1 aliphatic rings. The second-order valence-electron chi connectivity index (χ2n) is 4.25. The van der Waals surface area contributed by atoms with Crippen LogP contribution in [0.1, 0.15) is 11.8 Å². The number of ether oxygens (including phenoxy) is 1. The molecule has 1 atom stereocenters. The normalized spacial score (nSPS) is 20.6. The monoisotopic (exact) mass is 229 g/mol. The minimum atomic E-state index is 0.0608. The van der Waals surface area contributed by atoms with Crippen molar-refractivity contribution in [1.82, 2.24) is 10.3 Å². The molecule has 1 aromatic heterocycles. The van der Waals surface area contributed by atoms with Gasteiger partial charge < -0.3 is 15.8 Å². The molecule has 0 radical (unpaired) electrons. The zero-order valence-corrected chi connectivity index (χ0v) is 9.52. The van der Waals surface area contributed by atoms with Gasteiger partial charge in [0, 0.05) is 24.2 Å². The van der Waals surface area contributed by atoms with E-state index in [-0.39, 0.29) is 6.10 Å². The van der Waals surface area contributed by atoms with Crippen molar-refractivity contribution in [3.63, 3.8) is 0 Å². The van der Waals surface area contributed by atoms with Crippen molar-refractivity contribution in [2.24, 2.45) is 0 Å².